The van der Waals surface area contributed by atoms with Crippen molar-refractivity contribution in [3.05, 3.63) is 18.2 Å². The monoisotopic (exact) mass is 391 g/mol. The van der Waals surface area contributed by atoms with Crippen LogP contribution >= 0.6 is 0 Å². The van der Waals surface area contributed by atoms with Crippen LogP contribution in [-0.2, 0) is 4.79 Å². The van der Waals surface area contributed by atoms with Crippen LogP contribution in [0, 0.1) is 5.92 Å². The molecule has 1 aromatic rings. The molecule has 2 N–H and O–H groups in total. The molecule has 0 aliphatic heterocycles. The van der Waals surface area contributed by atoms with Gasteiger partial charge in [0.15, 0.2) is 0 Å². The molecule has 0 heterocycles. The van der Waals surface area contributed by atoms with Crippen LogP contribution in [0.5, 0.6) is 11.5 Å². The van der Waals surface area contributed by atoms with Gasteiger partial charge in [-0.2, -0.15) is 0 Å². The molecule has 1 amide bonds. The summed E-state index contributed by atoms with van der Waals surface area (Å²) in [6, 6.07) is 5.48. The molecule has 1 aromatic carbocycles. The highest BCUT2D eigenvalue weighted by molar-refractivity contribution is 5.92. The lowest BCUT2D eigenvalue weighted by Gasteiger charge is -2.46. The molecule has 0 radical (unpaired) electrons. The fourth-order valence-corrected chi connectivity index (χ4v) is 4.17. The number of benzene rings is 1. The van der Waals surface area contributed by atoms with Gasteiger partial charge in [0.25, 0.3) is 0 Å². The molecule has 0 bridgehead atoms. The van der Waals surface area contributed by atoms with E-state index in [1.54, 1.807) is 26.4 Å². The van der Waals surface area contributed by atoms with Crippen LogP contribution < -0.4 is 20.1 Å². The van der Waals surface area contributed by atoms with Gasteiger partial charge in [0.1, 0.15) is 11.5 Å². The van der Waals surface area contributed by atoms with Crippen LogP contribution in [0.1, 0.15) is 46.0 Å². The normalized spacial score (nSPS) is 23.3. The minimum Gasteiger partial charge on any atom is -0.497 e. The molecular formula is C22H37N3O3. The Morgan fingerprint density at radius 3 is 2.68 bits per heavy atom. The maximum Gasteiger partial charge on any atom is 0.226 e. The van der Waals surface area contributed by atoms with Crippen molar-refractivity contribution in [3.63, 3.8) is 0 Å². The van der Waals surface area contributed by atoms with Crippen molar-refractivity contribution in [2.24, 2.45) is 5.92 Å². The minimum absolute atomic E-state index is 0.0283. The summed E-state index contributed by atoms with van der Waals surface area (Å²) in [6.45, 7) is 5.32. The van der Waals surface area contributed by atoms with E-state index in [1.165, 1.54) is 25.7 Å². The standard InChI is InChI=1S/C22H37N3O3/c1-16-8-7-11-22(14-16,25(3)4)15-23-17(2)12-21(26)24-19-10-9-18(27-5)13-20(19)28-6/h9-10,13,16-17,23H,7-8,11-12,14-15H2,1-6H3,(H,24,26). The van der Waals surface area contributed by atoms with Gasteiger partial charge in [-0.15, -0.1) is 0 Å². The number of nitrogens with zero attached hydrogens (tertiary/aromatic N) is 1. The van der Waals surface area contributed by atoms with E-state index in [1.807, 2.05) is 6.07 Å². The summed E-state index contributed by atoms with van der Waals surface area (Å²) in [4.78, 5) is 14.9. The second-order valence-electron chi connectivity index (χ2n) is 8.42. The third-order valence-corrected chi connectivity index (χ3v) is 5.97. The Kier molecular flexibility index (Phi) is 8.13. The van der Waals surface area contributed by atoms with E-state index in [-0.39, 0.29) is 17.5 Å². The molecule has 1 saturated carbocycles. The molecule has 1 aliphatic carbocycles. The molecule has 28 heavy (non-hydrogen) atoms. The summed E-state index contributed by atoms with van der Waals surface area (Å²) >= 11 is 0. The van der Waals surface area contributed by atoms with Gasteiger partial charge in [0, 0.05) is 30.6 Å². The summed E-state index contributed by atoms with van der Waals surface area (Å²) < 4.78 is 10.6. The van der Waals surface area contributed by atoms with E-state index in [0.717, 1.165) is 12.5 Å². The molecule has 1 fully saturated rings. The Labute approximate surface area is 170 Å². The van der Waals surface area contributed by atoms with Crippen LogP contribution in [0.25, 0.3) is 0 Å². The van der Waals surface area contributed by atoms with Crippen molar-refractivity contribution >= 4 is 11.6 Å². The number of nitrogens with one attached hydrogen (secondary N) is 2. The zero-order valence-corrected chi connectivity index (χ0v) is 18.3. The SMILES string of the molecule is COc1ccc(NC(=O)CC(C)NCC2(N(C)C)CCCC(C)C2)c(OC)c1. The van der Waals surface area contributed by atoms with E-state index in [0.29, 0.717) is 23.6 Å². The van der Waals surface area contributed by atoms with Crippen molar-refractivity contribution < 1.29 is 14.3 Å². The van der Waals surface area contributed by atoms with Gasteiger partial charge >= 0.3 is 0 Å². The lowest BCUT2D eigenvalue weighted by Crippen LogP contribution is -2.55. The predicted octanol–water partition coefficient (Wildman–Crippen LogP) is 3.52. The Morgan fingerprint density at radius 2 is 2.07 bits per heavy atom. The van der Waals surface area contributed by atoms with Crippen molar-refractivity contribution in [1.82, 2.24) is 10.2 Å². The summed E-state index contributed by atoms with van der Waals surface area (Å²) in [5.74, 6) is 2.01. The lowest BCUT2D eigenvalue weighted by molar-refractivity contribution is -0.116. The zero-order valence-electron chi connectivity index (χ0n) is 18.3. The number of amides is 1. The lowest BCUT2D eigenvalue weighted by atomic mass is 9.75. The van der Waals surface area contributed by atoms with Gasteiger partial charge in [-0.1, -0.05) is 19.8 Å². The van der Waals surface area contributed by atoms with E-state index in [2.05, 4.69) is 43.5 Å². The van der Waals surface area contributed by atoms with Crippen LogP contribution in [-0.4, -0.2) is 57.2 Å². The average molecular weight is 392 g/mol. The number of hydrogen-bond acceptors (Lipinski definition) is 5. The molecule has 3 unspecified atom stereocenters. The van der Waals surface area contributed by atoms with Crippen LogP contribution in [0.2, 0.25) is 0 Å². The van der Waals surface area contributed by atoms with Gasteiger partial charge in [-0.3, -0.25) is 4.79 Å². The van der Waals surface area contributed by atoms with Gasteiger partial charge in [-0.05, 0) is 51.9 Å². The van der Waals surface area contributed by atoms with Crippen LogP contribution in [0.4, 0.5) is 5.69 Å². The zero-order chi connectivity index (χ0) is 20.7. The maximum absolute atomic E-state index is 12.5. The van der Waals surface area contributed by atoms with E-state index in [9.17, 15) is 4.79 Å². The Bertz CT molecular complexity index is 650. The predicted molar refractivity (Wildman–Crippen MR) is 114 cm³/mol. The Hall–Kier alpha value is -1.79. The van der Waals surface area contributed by atoms with Crippen molar-refractivity contribution in [2.45, 2.75) is 57.5 Å². The third kappa shape index (κ3) is 5.85. The van der Waals surface area contributed by atoms with Gasteiger partial charge in [0.2, 0.25) is 5.91 Å². The minimum atomic E-state index is -0.0283. The molecule has 6 nitrogen and oxygen atoms in total. The van der Waals surface area contributed by atoms with Crippen molar-refractivity contribution in [1.29, 1.82) is 0 Å². The molecule has 6 heteroatoms. The topological polar surface area (TPSA) is 62.8 Å². The number of rotatable bonds is 9. The summed E-state index contributed by atoms with van der Waals surface area (Å²) in [6.07, 6.45) is 5.41. The van der Waals surface area contributed by atoms with Gasteiger partial charge in [-0.25, -0.2) is 0 Å². The molecule has 158 valence electrons. The van der Waals surface area contributed by atoms with Gasteiger partial charge in [0.05, 0.1) is 19.9 Å². The summed E-state index contributed by atoms with van der Waals surface area (Å²) in [5, 5.41) is 6.56. The van der Waals surface area contributed by atoms with Crippen molar-refractivity contribution in [3.8, 4) is 11.5 Å². The molecule has 0 saturated heterocycles. The third-order valence-electron chi connectivity index (χ3n) is 5.97. The highest BCUT2D eigenvalue weighted by atomic mass is 16.5. The fraction of sp³-hybridized carbons (Fsp3) is 0.682. The van der Waals surface area contributed by atoms with E-state index < -0.39 is 0 Å². The smallest absolute Gasteiger partial charge is 0.226 e. The number of hydrogen-bond donors (Lipinski definition) is 2. The molecule has 1 aliphatic rings. The molecule has 0 spiro atoms. The van der Waals surface area contributed by atoms with E-state index >= 15 is 0 Å². The molecular weight excluding hydrogens is 354 g/mol. The maximum atomic E-state index is 12.5. The summed E-state index contributed by atoms with van der Waals surface area (Å²) in [5.41, 5.74) is 0.841. The first-order chi connectivity index (χ1) is 13.3. The highest BCUT2D eigenvalue weighted by Crippen LogP contribution is 2.35. The fourth-order valence-electron chi connectivity index (χ4n) is 4.17. The van der Waals surface area contributed by atoms with E-state index in [4.69, 9.17) is 9.47 Å². The second-order valence-corrected chi connectivity index (χ2v) is 8.42. The van der Waals surface area contributed by atoms with Gasteiger partial charge < -0.3 is 25.0 Å². The number of ether oxygens (including phenoxy) is 2. The second kappa shape index (κ2) is 10.1. The first kappa shape index (κ1) is 22.5. The molecule has 3 atom stereocenters. The first-order valence-electron chi connectivity index (χ1n) is 10.2. The highest BCUT2D eigenvalue weighted by Gasteiger charge is 2.36. The van der Waals surface area contributed by atoms with Crippen molar-refractivity contribution in [2.75, 3.05) is 40.2 Å². The molecule has 2 rings (SSSR count). The number of carbonyl (C=O) groups excluding carboxylic acids is 1. The quantitative estimate of drug-likeness (QED) is 0.674. The number of likely N-dealkylation sites (N-methyl/N-ethyl adjacent to an activating group) is 1. The first-order valence-corrected chi connectivity index (χ1v) is 10.2. The summed E-state index contributed by atoms with van der Waals surface area (Å²) in [7, 11) is 7.54. The number of carbonyl (C=O) groups is 1. The number of anilines is 1. The average Bonchev–Trinajstić information content (AvgIpc) is 2.66. The largest absolute Gasteiger partial charge is 0.497 e. The Morgan fingerprint density at radius 1 is 1.32 bits per heavy atom. The van der Waals surface area contributed by atoms with Crippen LogP contribution in [0.15, 0.2) is 18.2 Å². The number of methoxy groups -OCH3 is 2. The Balaban J connectivity index is 1.90. The van der Waals surface area contributed by atoms with Crippen LogP contribution in [0.3, 0.4) is 0 Å². The molecule has 0 aromatic heterocycles.